The molecule has 47 heavy (non-hydrogen) atoms. The first kappa shape index (κ1) is 33.4. The Balaban J connectivity index is 0.000000185. The SMILES string of the molecule is CC(C)C(C(=O)Nc1nc(-c2ccccc2)cs1)c1ccccc1.CCC(C(=O)Nc1nc(-c2ccccc2)cs1)c1ccccc1. The minimum atomic E-state index is -0.185. The van der Waals surface area contributed by atoms with Crippen LogP contribution < -0.4 is 10.6 Å². The smallest absolute Gasteiger partial charge is 0.233 e. The van der Waals surface area contributed by atoms with Crippen LogP contribution in [0, 0.1) is 5.92 Å². The van der Waals surface area contributed by atoms with Gasteiger partial charge in [0.1, 0.15) is 0 Å². The summed E-state index contributed by atoms with van der Waals surface area (Å²) in [5, 5.41) is 11.1. The van der Waals surface area contributed by atoms with Gasteiger partial charge in [-0.1, -0.05) is 142 Å². The molecule has 0 saturated carbocycles. The zero-order valence-electron chi connectivity index (χ0n) is 26.7. The number of aromatic nitrogens is 2. The van der Waals surface area contributed by atoms with E-state index in [4.69, 9.17) is 0 Å². The first-order valence-corrected chi connectivity index (χ1v) is 17.4. The molecule has 8 heteroatoms. The topological polar surface area (TPSA) is 84.0 Å². The fraction of sp³-hybridized carbons (Fsp3) is 0.179. The van der Waals surface area contributed by atoms with Crippen molar-refractivity contribution in [2.24, 2.45) is 5.92 Å². The lowest BCUT2D eigenvalue weighted by atomic mass is 9.88. The monoisotopic (exact) mass is 658 g/mol. The third-order valence-corrected chi connectivity index (χ3v) is 9.16. The van der Waals surface area contributed by atoms with Crippen molar-refractivity contribution in [2.75, 3.05) is 10.6 Å². The molecule has 6 rings (SSSR count). The summed E-state index contributed by atoms with van der Waals surface area (Å²) in [6.07, 6.45) is 0.757. The van der Waals surface area contributed by atoms with E-state index in [9.17, 15) is 9.59 Å². The number of hydrogen-bond acceptors (Lipinski definition) is 6. The molecule has 2 amide bonds. The van der Waals surface area contributed by atoms with E-state index < -0.39 is 0 Å². The summed E-state index contributed by atoms with van der Waals surface area (Å²) in [6, 6.07) is 39.7. The molecule has 2 N–H and O–H groups in total. The van der Waals surface area contributed by atoms with Crippen LogP contribution >= 0.6 is 22.7 Å². The third-order valence-electron chi connectivity index (χ3n) is 7.64. The van der Waals surface area contributed by atoms with Crippen molar-refractivity contribution in [1.29, 1.82) is 0 Å². The molecule has 0 fully saturated rings. The number of amides is 2. The number of nitrogens with zero attached hydrogens (tertiary/aromatic N) is 2. The molecule has 2 atom stereocenters. The van der Waals surface area contributed by atoms with Crippen LogP contribution in [0.3, 0.4) is 0 Å². The lowest BCUT2D eigenvalue weighted by Crippen LogP contribution is -2.25. The predicted molar refractivity (Wildman–Crippen MR) is 196 cm³/mol. The van der Waals surface area contributed by atoms with Crippen molar-refractivity contribution in [3.8, 4) is 22.5 Å². The quantitative estimate of drug-likeness (QED) is 0.153. The van der Waals surface area contributed by atoms with E-state index in [1.807, 2.05) is 139 Å². The van der Waals surface area contributed by atoms with Gasteiger partial charge in [0.2, 0.25) is 11.8 Å². The zero-order valence-corrected chi connectivity index (χ0v) is 28.3. The number of hydrogen-bond donors (Lipinski definition) is 2. The summed E-state index contributed by atoms with van der Waals surface area (Å²) in [4.78, 5) is 34.4. The van der Waals surface area contributed by atoms with Crippen molar-refractivity contribution in [3.05, 3.63) is 143 Å². The van der Waals surface area contributed by atoms with Crippen molar-refractivity contribution < 1.29 is 9.59 Å². The summed E-state index contributed by atoms with van der Waals surface area (Å²) in [5.41, 5.74) is 5.95. The van der Waals surface area contributed by atoms with Crippen LogP contribution in [0.1, 0.15) is 50.2 Å². The van der Waals surface area contributed by atoms with E-state index in [1.165, 1.54) is 22.7 Å². The molecule has 0 spiro atoms. The Morgan fingerprint density at radius 1 is 0.596 bits per heavy atom. The molecular formula is C39H38N4O2S2. The number of carbonyl (C=O) groups excluding carboxylic acids is 2. The van der Waals surface area contributed by atoms with E-state index >= 15 is 0 Å². The molecule has 238 valence electrons. The minimum Gasteiger partial charge on any atom is -0.301 e. The highest BCUT2D eigenvalue weighted by atomic mass is 32.1. The maximum absolute atomic E-state index is 12.8. The van der Waals surface area contributed by atoms with Gasteiger partial charge in [0.05, 0.1) is 23.2 Å². The highest BCUT2D eigenvalue weighted by Crippen LogP contribution is 2.30. The fourth-order valence-electron chi connectivity index (χ4n) is 5.28. The minimum absolute atomic E-state index is 0.00679. The van der Waals surface area contributed by atoms with Gasteiger partial charge in [-0.15, -0.1) is 22.7 Å². The van der Waals surface area contributed by atoms with Gasteiger partial charge in [-0.2, -0.15) is 0 Å². The molecule has 0 radical (unpaired) electrons. The third kappa shape index (κ3) is 9.09. The highest BCUT2D eigenvalue weighted by Gasteiger charge is 2.25. The van der Waals surface area contributed by atoms with Crippen molar-refractivity contribution in [1.82, 2.24) is 9.97 Å². The second-order valence-electron chi connectivity index (χ2n) is 11.3. The molecule has 0 aliphatic carbocycles. The lowest BCUT2D eigenvalue weighted by molar-refractivity contribution is -0.119. The molecule has 0 saturated heterocycles. The lowest BCUT2D eigenvalue weighted by Gasteiger charge is -2.19. The summed E-state index contributed by atoms with van der Waals surface area (Å²) in [6.45, 7) is 6.15. The molecule has 0 bridgehead atoms. The number of rotatable bonds is 10. The van der Waals surface area contributed by atoms with E-state index in [0.717, 1.165) is 40.1 Å². The molecule has 0 aliphatic rings. The second kappa shape index (κ2) is 16.6. The molecule has 6 aromatic rings. The second-order valence-corrected chi connectivity index (χ2v) is 13.0. The fourth-order valence-corrected chi connectivity index (χ4v) is 6.72. The van der Waals surface area contributed by atoms with Gasteiger partial charge < -0.3 is 10.6 Å². The molecule has 0 aliphatic heterocycles. The van der Waals surface area contributed by atoms with Crippen LogP contribution in [0.25, 0.3) is 22.5 Å². The Morgan fingerprint density at radius 2 is 1.00 bits per heavy atom. The van der Waals surface area contributed by atoms with E-state index in [0.29, 0.717) is 10.3 Å². The maximum atomic E-state index is 12.8. The van der Waals surface area contributed by atoms with Gasteiger partial charge in [-0.3, -0.25) is 9.59 Å². The zero-order chi connectivity index (χ0) is 33.0. The average Bonchev–Trinajstić information content (AvgIpc) is 3.77. The van der Waals surface area contributed by atoms with Crippen LogP contribution in [0.5, 0.6) is 0 Å². The van der Waals surface area contributed by atoms with Crippen molar-refractivity contribution in [2.45, 2.75) is 39.0 Å². The first-order chi connectivity index (χ1) is 22.9. The van der Waals surface area contributed by atoms with Crippen molar-refractivity contribution >= 4 is 44.8 Å². The largest absolute Gasteiger partial charge is 0.301 e. The Kier molecular flexibility index (Phi) is 11.8. The number of thiazole rings is 2. The summed E-state index contributed by atoms with van der Waals surface area (Å²) < 4.78 is 0. The van der Waals surface area contributed by atoms with E-state index in [-0.39, 0.29) is 29.6 Å². The van der Waals surface area contributed by atoms with E-state index in [2.05, 4.69) is 34.4 Å². The van der Waals surface area contributed by atoms with Crippen LogP contribution in [-0.2, 0) is 9.59 Å². The standard InChI is InChI=1S/C20H20N2OS.C19H18N2OS/c1-14(2)18(16-11-7-4-8-12-16)19(23)22-20-21-17(13-24-20)15-9-5-3-6-10-15;1-2-16(14-9-5-3-6-10-14)18(22)21-19-20-17(13-23-19)15-11-7-4-8-12-15/h3-14,18H,1-2H3,(H,21,22,23);3-13,16H,2H2,1H3,(H,20,21,22). The number of nitrogens with one attached hydrogen (secondary N) is 2. The van der Waals surface area contributed by atoms with Crippen molar-refractivity contribution in [3.63, 3.8) is 0 Å². The molecular weight excluding hydrogens is 621 g/mol. The van der Waals surface area contributed by atoms with Crippen LogP contribution in [-0.4, -0.2) is 21.8 Å². The Hall–Kier alpha value is -4.92. The van der Waals surface area contributed by atoms with E-state index in [1.54, 1.807) is 0 Å². The Bertz CT molecular complexity index is 1840. The first-order valence-electron chi connectivity index (χ1n) is 15.7. The number of anilines is 2. The van der Waals surface area contributed by atoms with Crippen LogP contribution in [0.4, 0.5) is 10.3 Å². The normalized spacial score (nSPS) is 12.0. The number of carbonyl (C=O) groups is 2. The van der Waals surface area contributed by atoms with Gasteiger partial charge in [-0.25, -0.2) is 9.97 Å². The highest BCUT2D eigenvalue weighted by molar-refractivity contribution is 7.14. The molecule has 2 unspecified atom stereocenters. The number of benzene rings is 4. The maximum Gasteiger partial charge on any atom is 0.233 e. The molecule has 6 nitrogen and oxygen atoms in total. The van der Waals surface area contributed by atoms with Gasteiger partial charge in [0.25, 0.3) is 0 Å². The van der Waals surface area contributed by atoms with Crippen LogP contribution in [0.2, 0.25) is 0 Å². The molecule has 2 heterocycles. The summed E-state index contributed by atoms with van der Waals surface area (Å²) >= 11 is 2.91. The van der Waals surface area contributed by atoms with Crippen LogP contribution in [0.15, 0.2) is 132 Å². The Morgan fingerprint density at radius 3 is 1.43 bits per heavy atom. The predicted octanol–water partition coefficient (Wildman–Crippen LogP) is 10.1. The summed E-state index contributed by atoms with van der Waals surface area (Å²) in [5.74, 6) is -0.144. The van der Waals surface area contributed by atoms with Gasteiger partial charge in [0.15, 0.2) is 10.3 Å². The average molecular weight is 659 g/mol. The summed E-state index contributed by atoms with van der Waals surface area (Å²) in [7, 11) is 0. The molecule has 2 aromatic heterocycles. The van der Waals surface area contributed by atoms with Gasteiger partial charge in [-0.05, 0) is 23.5 Å². The molecule has 4 aromatic carbocycles. The van der Waals surface area contributed by atoms with Gasteiger partial charge >= 0.3 is 0 Å². The Labute approximate surface area is 284 Å². The van der Waals surface area contributed by atoms with Gasteiger partial charge in [0, 0.05) is 21.9 Å².